The molecule has 1 heterocycles. The Bertz CT molecular complexity index is 978. The van der Waals surface area contributed by atoms with Gasteiger partial charge in [-0.25, -0.2) is 14.6 Å². The zero-order chi connectivity index (χ0) is 21.5. The maximum Gasteiger partial charge on any atom is 0.339 e. The van der Waals surface area contributed by atoms with Crippen molar-refractivity contribution in [1.82, 2.24) is 4.90 Å². The van der Waals surface area contributed by atoms with Crippen molar-refractivity contribution in [3.63, 3.8) is 0 Å². The molecule has 6 nitrogen and oxygen atoms in total. The predicted octanol–water partition coefficient (Wildman–Crippen LogP) is 4.12. The van der Waals surface area contributed by atoms with E-state index in [1.165, 1.54) is 0 Å². The van der Waals surface area contributed by atoms with E-state index in [1.807, 2.05) is 6.92 Å². The van der Waals surface area contributed by atoms with Crippen LogP contribution in [0.15, 0.2) is 54.6 Å². The molecule has 0 unspecified atom stereocenters. The van der Waals surface area contributed by atoms with Crippen LogP contribution in [0.5, 0.6) is 0 Å². The van der Waals surface area contributed by atoms with Crippen molar-refractivity contribution in [2.75, 3.05) is 11.5 Å². The fourth-order valence-electron chi connectivity index (χ4n) is 4.88. The quantitative estimate of drug-likeness (QED) is 0.746. The van der Waals surface area contributed by atoms with Crippen LogP contribution in [0.3, 0.4) is 0 Å². The minimum Gasteiger partial charge on any atom is -0.396 e. The first-order valence-electron chi connectivity index (χ1n) is 10.1. The zero-order valence-corrected chi connectivity index (χ0v) is 17.4. The maximum atomic E-state index is 13.8. The number of carbonyl (C=O) groups is 3. The Morgan fingerprint density at radius 2 is 1.83 bits per heavy atom. The van der Waals surface area contributed by atoms with Crippen LogP contribution < -0.4 is 4.90 Å². The number of anilines is 1. The van der Waals surface area contributed by atoms with Gasteiger partial charge in [-0.05, 0) is 61.1 Å². The summed E-state index contributed by atoms with van der Waals surface area (Å²) in [7, 11) is 0. The van der Waals surface area contributed by atoms with E-state index in [2.05, 4.69) is 0 Å². The number of nitrogens with zero attached hydrogens (tertiary/aromatic N) is 2. The normalized spacial score (nSPS) is 24.7. The number of rotatable bonds is 4. The number of amides is 4. The molecule has 4 rings (SSSR count). The van der Waals surface area contributed by atoms with Gasteiger partial charge in [0.25, 0.3) is 11.8 Å². The first kappa shape index (κ1) is 20.6. The number of benzene rings is 2. The van der Waals surface area contributed by atoms with Crippen molar-refractivity contribution in [3.8, 4) is 0 Å². The van der Waals surface area contributed by atoms with E-state index in [4.69, 9.17) is 11.6 Å². The number of carbonyl (C=O) groups excluding carboxylic acids is 3. The van der Waals surface area contributed by atoms with Crippen molar-refractivity contribution >= 4 is 35.1 Å². The molecule has 1 aliphatic heterocycles. The molecule has 1 N–H and O–H groups in total. The highest BCUT2D eigenvalue weighted by Gasteiger charge is 2.66. The van der Waals surface area contributed by atoms with E-state index in [0.29, 0.717) is 35.5 Å². The van der Waals surface area contributed by atoms with Gasteiger partial charge in [0.1, 0.15) is 5.54 Å². The smallest absolute Gasteiger partial charge is 0.339 e. The van der Waals surface area contributed by atoms with E-state index < -0.39 is 23.4 Å². The van der Waals surface area contributed by atoms with E-state index in [1.54, 1.807) is 54.6 Å². The van der Waals surface area contributed by atoms with E-state index in [-0.39, 0.29) is 18.4 Å². The highest BCUT2D eigenvalue weighted by Crippen LogP contribution is 2.50. The summed E-state index contributed by atoms with van der Waals surface area (Å²) < 4.78 is 0. The predicted molar refractivity (Wildman–Crippen MR) is 113 cm³/mol. The molecule has 3 atom stereocenters. The average Bonchev–Trinajstić information content (AvgIpc) is 3.29. The fraction of sp³-hybridized carbons (Fsp3) is 0.348. The Morgan fingerprint density at radius 3 is 2.47 bits per heavy atom. The summed E-state index contributed by atoms with van der Waals surface area (Å²) >= 11 is 5.97. The lowest BCUT2D eigenvalue weighted by atomic mass is 9.77. The molecular formula is C23H23ClN2O4. The standard InChI is InChI=1S/C23H23ClN2O4/c1-15(14-27)19-8-5-13-23(19)21(29)25(18-11-9-17(24)10-12-18)22(30)26(23)20(28)16-6-3-2-4-7-16/h2-4,6-7,9-12,15,19,27H,5,8,13-14H2,1H3/t15-,19-,23-/m1/s1. The molecule has 30 heavy (non-hydrogen) atoms. The van der Waals surface area contributed by atoms with Crippen LogP contribution in [-0.2, 0) is 4.79 Å². The second-order valence-electron chi connectivity index (χ2n) is 7.99. The summed E-state index contributed by atoms with van der Waals surface area (Å²) in [5.41, 5.74) is -0.580. The first-order chi connectivity index (χ1) is 14.4. The van der Waals surface area contributed by atoms with Gasteiger partial charge in [0.2, 0.25) is 0 Å². The Balaban J connectivity index is 1.86. The van der Waals surface area contributed by atoms with Gasteiger partial charge < -0.3 is 5.11 Å². The molecule has 1 aliphatic carbocycles. The number of hydrogen-bond donors (Lipinski definition) is 1. The largest absolute Gasteiger partial charge is 0.396 e. The van der Waals surface area contributed by atoms with Crippen molar-refractivity contribution in [2.24, 2.45) is 11.8 Å². The van der Waals surface area contributed by atoms with Gasteiger partial charge in [-0.2, -0.15) is 0 Å². The monoisotopic (exact) mass is 426 g/mol. The Hall–Kier alpha value is -2.70. The molecular weight excluding hydrogens is 404 g/mol. The molecule has 1 spiro atoms. The molecule has 2 aromatic carbocycles. The summed E-state index contributed by atoms with van der Waals surface area (Å²) in [5.74, 6) is -1.46. The second kappa shape index (κ2) is 7.85. The van der Waals surface area contributed by atoms with Gasteiger partial charge >= 0.3 is 6.03 Å². The summed E-state index contributed by atoms with van der Waals surface area (Å²) in [6.45, 7) is 1.73. The van der Waals surface area contributed by atoms with Crippen molar-refractivity contribution in [2.45, 2.75) is 31.7 Å². The van der Waals surface area contributed by atoms with Crippen LogP contribution in [0, 0.1) is 11.8 Å². The third kappa shape index (κ3) is 3.02. The second-order valence-corrected chi connectivity index (χ2v) is 8.43. The third-order valence-corrected chi connectivity index (χ3v) is 6.58. The number of aliphatic hydroxyl groups is 1. The number of imide groups is 2. The van der Waals surface area contributed by atoms with Crippen molar-refractivity contribution < 1.29 is 19.5 Å². The van der Waals surface area contributed by atoms with Crippen LogP contribution in [0.4, 0.5) is 10.5 Å². The molecule has 2 aliphatic rings. The molecule has 2 fully saturated rings. The SMILES string of the molecule is C[C@H](CO)[C@H]1CCC[C@]12C(=O)N(c1ccc(Cl)cc1)C(=O)N2C(=O)c1ccccc1. The molecule has 4 amide bonds. The molecule has 0 radical (unpaired) electrons. The van der Waals surface area contributed by atoms with Gasteiger partial charge in [0, 0.05) is 17.2 Å². The topological polar surface area (TPSA) is 77.9 Å². The summed E-state index contributed by atoms with van der Waals surface area (Å²) in [6, 6.07) is 14.3. The molecule has 0 bridgehead atoms. The number of urea groups is 1. The van der Waals surface area contributed by atoms with E-state index in [9.17, 15) is 19.5 Å². The summed E-state index contributed by atoms with van der Waals surface area (Å²) in [5, 5.41) is 10.3. The van der Waals surface area contributed by atoms with Gasteiger partial charge in [-0.1, -0.05) is 43.1 Å². The van der Waals surface area contributed by atoms with E-state index >= 15 is 0 Å². The summed E-state index contributed by atoms with van der Waals surface area (Å²) in [4.78, 5) is 43.1. The van der Waals surface area contributed by atoms with Crippen LogP contribution in [0.25, 0.3) is 0 Å². The number of halogens is 1. The van der Waals surface area contributed by atoms with Crippen molar-refractivity contribution in [3.05, 3.63) is 65.2 Å². The molecule has 7 heteroatoms. The Morgan fingerprint density at radius 1 is 1.17 bits per heavy atom. The minimum absolute atomic E-state index is 0.123. The Labute approximate surface area is 180 Å². The lowest BCUT2D eigenvalue weighted by Crippen LogP contribution is -2.56. The Kier molecular flexibility index (Phi) is 5.38. The van der Waals surface area contributed by atoms with Gasteiger partial charge in [0.05, 0.1) is 5.69 Å². The lowest BCUT2D eigenvalue weighted by molar-refractivity contribution is -0.127. The van der Waals surface area contributed by atoms with Gasteiger partial charge in [-0.3, -0.25) is 9.59 Å². The molecule has 1 saturated carbocycles. The van der Waals surface area contributed by atoms with Gasteiger partial charge in [0.15, 0.2) is 0 Å². The fourth-order valence-corrected chi connectivity index (χ4v) is 5.01. The van der Waals surface area contributed by atoms with Crippen LogP contribution in [0.2, 0.25) is 5.02 Å². The summed E-state index contributed by atoms with van der Waals surface area (Å²) in [6.07, 6.45) is 1.74. The maximum absolute atomic E-state index is 13.8. The minimum atomic E-state index is -1.30. The molecule has 1 saturated heterocycles. The van der Waals surface area contributed by atoms with Crippen LogP contribution >= 0.6 is 11.6 Å². The highest BCUT2D eigenvalue weighted by molar-refractivity contribution is 6.31. The average molecular weight is 427 g/mol. The van der Waals surface area contributed by atoms with Crippen LogP contribution in [-0.4, -0.2) is 40.0 Å². The number of hydrogen-bond acceptors (Lipinski definition) is 4. The zero-order valence-electron chi connectivity index (χ0n) is 16.6. The molecule has 156 valence electrons. The van der Waals surface area contributed by atoms with Crippen molar-refractivity contribution in [1.29, 1.82) is 0 Å². The lowest BCUT2D eigenvalue weighted by Gasteiger charge is -2.37. The third-order valence-electron chi connectivity index (χ3n) is 6.33. The first-order valence-corrected chi connectivity index (χ1v) is 10.4. The number of aliphatic hydroxyl groups excluding tert-OH is 1. The molecule has 2 aromatic rings. The van der Waals surface area contributed by atoms with E-state index in [0.717, 1.165) is 9.80 Å². The highest BCUT2D eigenvalue weighted by atomic mass is 35.5. The van der Waals surface area contributed by atoms with Crippen LogP contribution in [0.1, 0.15) is 36.5 Å². The molecule has 0 aromatic heterocycles. The van der Waals surface area contributed by atoms with Gasteiger partial charge in [-0.15, -0.1) is 0 Å².